The van der Waals surface area contributed by atoms with Gasteiger partial charge >= 0.3 is 0 Å². The number of nitrogens with zero attached hydrogens (tertiary/aromatic N) is 1. The monoisotopic (exact) mass is 367 g/mol. The Morgan fingerprint density at radius 2 is 1.91 bits per heavy atom. The lowest BCUT2D eigenvalue weighted by atomic mass is 10.00. The average molecular weight is 368 g/mol. The van der Waals surface area contributed by atoms with Gasteiger partial charge < -0.3 is 10.3 Å². The van der Waals surface area contributed by atoms with E-state index >= 15 is 0 Å². The van der Waals surface area contributed by atoms with Crippen LogP contribution in [0.5, 0.6) is 0 Å². The summed E-state index contributed by atoms with van der Waals surface area (Å²) in [4.78, 5) is 8.21. The van der Waals surface area contributed by atoms with Crippen LogP contribution in [0.1, 0.15) is 31.1 Å². The molecular formula is C19H18BrN3. The van der Waals surface area contributed by atoms with Crippen LogP contribution in [0.2, 0.25) is 0 Å². The van der Waals surface area contributed by atoms with Gasteiger partial charge in [0, 0.05) is 16.1 Å². The number of hydrogen-bond acceptors (Lipinski definition) is 2. The van der Waals surface area contributed by atoms with E-state index in [1.807, 2.05) is 6.20 Å². The van der Waals surface area contributed by atoms with Crippen molar-refractivity contribution in [3.63, 3.8) is 0 Å². The maximum absolute atomic E-state index is 4.66. The van der Waals surface area contributed by atoms with Gasteiger partial charge in [0.1, 0.15) is 5.82 Å². The third kappa shape index (κ3) is 2.32. The van der Waals surface area contributed by atoms with Crippen LogP contribution in [0.25, 0.3) is 22.0 Å². The number of aromatic amines is 1. The second-order valence-electron chi connectivity index (χ2n) is 6.80. The Bertz CT molecular complexity index is 885. The van der Waals surface area contributed by atoms with Crippen LogP contribution < -0.4 is 5.32 Å². The first-order valence-electron chi connectivity index (χ1n) is 8.27. The van der Waals surface area contributed by atoms with Gasteiger partial charge in [-0.1, -0.05) is 34.1 Å². The number of nitrogens with one attached hydrogen (secondary N) is 2. The van der Waals surface area contributed by atoms with Crippen LogP contribution in [-0.4, -0.2) is 16.0 Å². The van der Waals surface area contributed by atoms with Crippen molar-refractivity contribution in [3.05, 3.63) is 52.9 Å². The molecular weight excluding hydrogens is 350 g/mol. The molecule has 0 amide bonds. The molecule has 4 heteroatoms. The van der Waals surface area contributed by atoms with Crippen molar-refractivity contribution in [2.24, 2.45) is 5.92 Å². The molecule has 116 valence electrons. The summed E-state index contributed by atoms with van der Waals surface area (Å²) in [6, 6.07) is 14.1. The number of imidazole rings is 1. The summed E-state index contributed by atoms with van der Waals surface area (Å²) in [5, 5.41) is 6.21. The predicted octanol–water partition coefficient (Wildman–Crippen LogP) is 4.81. The third-order valence-corrected chi connectivity index (χ3v) is 5.86. The molecule has 1 saturated heterocycles. The lowest BCUT2D eigenvalue weighted by Gasteiger charge is -2.20. The SMILES string of the molecule is Brc1ccc2cc(-c3cnc([C@H]4N[C@@H]5CC[C@H]4C5)[nH]3)ccc2c1. The minimum absolute atomic E-state index is 0.416. The first-order chi connectivity index (χ1) is 11.3. The Labute approximate surface area is 143 Å². The van der Waals surface area contributed by atoms with Crippen molar-refractivity contribution in [2.45, 2.75) is 31.3 Å². The Morgan fingerprint density at radius 1 is 1.04 bits per heavy atom. The molecule has 0 spiro atoms. The Kier molecular flexibility index (Phi) is 3.10. The summed E-state index contributed by atoms with van der Waals surface area (Å²) in [7, 11) is 0. The fourth-order valence-electron chi connectivity index (χ4n) is 4.19. The summed E-state index contributed by atoms with van der Waals surface area (Å²) in [6.45, 7) is 0. The minimum atomic E-state index is 0.416. The number of benzene rings is 2. The normalized spacial score (nSPS) is 26.2. The second kappa shape index (κ2) is 5.18. The average Bonchev–Trinajstić information content (AvgIpc) is 3.30. The molecule has 2 fully saturated rings. The highest BCUT2D eigenvalue weighted by Crippen LogP contribution is 2.42. The molecule has 2 aromatic carbocycles. The highest BCUT2D eigenvalue weighted by molar-refractivity contribution is 9.10. The van der Waals surface area contributed by atoms with Crippen molar-refractivity contribution in [1.82, 2.24) is 15.3 Å². The lowest BCUT2D eigenvalue weighted by Crippen LogP contribution is -2.29. The molecule has 0 unspecified atom stereocenters. The molecule has 0 radical (unpaired) electrons. The summed E-state index contributed by atoms with van der Waals surface area (Å²) in [5.74, 6) is 1.86. The van der Waals surface area contributed by atoms with E-state index in [1.54, 1.807) is 0 Å². The largest absolute Gasteiger partial charge is 0.341 e. The van der Waals surface area contributed by atoms with E-state index < -0.39 is 0 Å². The molecule has 2 aliphatic rings. The van der Waals surface area contributed by atoms with Gasteiger partial charge in [-0.05, 0) is 54.2 Å². The highest BCUT2D eigenvalue weighted by Gasteiger charge is 2.41. The van der Waals surface area contributed by atoms with Crippen LogP contribution in [-0.2, 0) is 0 Å². The maximum Gasteiger partial charge on any atom is 0.124 e. The van der Waals surface area contributed by atoms with Gasteiger partial charge in [-0.2, -0.15) is 0 Å². The zero-order valence-electron chi connectivity index (χ0n) is 12.7. The quantitative estimate of drug-likeness (QED) is 0.682. The molecule has 1 aliphatic carbocycles. The van der Waals surface area contributed by atoms with Crippen LogP contribution in [0, 0.1) is 5.92 Å². The van der Waals surface area contributed by atoms with Crippen LogP contribution in [0.4, 0.5) is 0 Å². The third-order valence-electron chi connectivity index (χ3n) is 5.36. The van der Waals surface area contributed by atoms with Gasteiger partial charge in [0.15, 0.2) is 0 Å². The van der Waals surface area contributed by atoms with E-state index in [1.165, 1.54) is 35.6 Å². The fraction of sp³-hybridized carbons (Fsp3) is 0.316. The van der Waals surface area contributed by atoms with Crippen LogP contribution >= 0.6 is 15.9 Å². The smallest absolute Gasteiger partial charge is 0.124 e. The molecule has 1 aliphatic heterocycles. The van der Waals surface area contributed by atoms with Crippen molar-refractivity contribution < 1.29 is 0 Å². The first-order valence-corrected chi connectivity index (χ1v) is 9.06. The van der Waals surface area contributed by atoms with Gasteiger partial charge in [-0.15, -0.1) is 0 Å². The Balaban J connectivity index is 1.49. The lowest BCUT2D eigenvalue weighted by molar-refractivity contribution is 0.379. The molecule has 2 bridgehead atoms. The zero-order valence-corrected chi connectivity index (χ0v) is 14.3. The number of rotatable bonds is 2. The number of fused-ring (bicyclic) bond motifs is 3. The molecule has 3 nitrogen and oxygen atoms in total. The molecule has 5 rings (SSSR count). The number of aromatic nitrogens is 2. The number of halogens is 1. The summed E-state index contributed by atoms with van der Waals surface area (Å²) < 4.78 is 1.11. The topological polar surface area (TPSA) is 40.7 Å². The van der Waals surface area contributed by atoms with E-state index in [2.05, 4.69) is 67.6 Å². The molecule has 2 heterocycles. The number of hydrogen-bond donors (Lipinski definition) is 2. The van der Waals surface area contributed by atoms with E-state index in [9.17, 15) is 0 Å². The minimum Gasteiger partial charge on any atom is -0.341 e. The van der Waals surface area contributed by atoms with Gasteiger partial charge in [0.25, 0.3) is 0 Å². The van der Waals surface area contributed by atoms with Gasteiger partial charge in [0.05, 0.1) is 17.9 Å². The van der Waals surface area contributed by atoms with E-state index in [0.717, 1.165) is 21.9 Å². The fourth-order valence-corrected chi connectivity index (χ4v) is 4.57. The van der Waals surface area contributed by atoms with E-state index in [4.69, 9.17) is 0 Å². The predicted molar refractivity (Wildman–Crippen MR) is 96.2 cm³/mol. The highest BCUT2D eigenvalue weighted by atomic mass is 79.9. The van der Waals surface area contributed by atoms with Crippen molar-refractivity contribution >= 4 is 26.7 Å². The summed E-state index contributed by atoms with van der Waals surface area (Å²) in [6.07, 6.45) is 5.95. The van der Waals surface area contributed by atoms with Gasteiger partial charge in [-0.25, -0.2) is 4.98 Å². The van der Waals surface area contributed by atoms with Gasteiger partial charge in [0.2, 0.25) is 0 Å². The van der Waals surface area contributed by atoms with Crippen LogP contribution in [0.3, 0.4) is 0 Å². The summed E-state index contributed by atoms with van der Waals surface area (Å²) >= 11 is 3.53. The molecule has 2 N–H and O–H groups in total. The van der Waals surface area contributed by atoms with E-state index in [0.29, 0.717) is 12.1 Å². The van der Waals surface area contributed by atoms with Crippen molar-refractivity contribution in [1.29, 1.82) is 0 Å². The van der Waals surface area contributed by atoms with Crippen molar-refractivity contribution in [3.8, 4) is 11.3 Å². The summed E-state index contributed by atoms with van der Waals surface area (Å²) in [5.41, 5.74) is 2.30. The second-order valence-corrected chi connectivity index (χ2v) is 7.72. The maximum atomic E-state index is 4.66. The van der Waals surface area contributed by atoms with Crippen molar-refractivity contribution in [2.75, 3.05) is 0 Å². The number of piperidine rings is 1. The molecule has 1 saturated carbocycles. The number of H-pyrrole nitrogens is 1. The first kappa shape index (κ1) is 13.8. The Hall–Kier alpha value is -1.65. The molecule has 3 atom stereocenters. The zero-order chi connectivity index (χ0) is 15.4. The van der Waals surface area contributed by atoms with Gasteiger partial charge in [-0.3, -0.25) is 0 Å². The van der Waals surface area contributed by atoms with E-state index in [-0.39, 0.29) is 0 Å². The molecule has 1 aromatic heterocycles. The molecule has 23 heavy (non-hydrogen) atoms. The van der Waals surface area contributed by atoms with Crippen LogP contribution in [0.15, 0.2) is 47.1 Å². The molecule has 3 aromatic rings. The Morgan fingerprint density at radius 3 is 2.74 bits per heavy atom. The standard InChI is InChI=1S/C19H18BrN3/c20-15-5-3-11-7-13(2-1-12(11)8-15)17-10-21-19(23-17)18-14-4-6-16(9-14)22-18/h1-3,5,7-8,10,14,16,18,22H,4,6,9H2,(H,21,23)/t14-,16+,18-/m0/s1.